The molecule has 26 heavy (non-hydrogen) atoms. The molecule has 4 rings (SSSR count). The summed E-state index contributed by atoms with van der Waals surface area (Å²) in [5.74, 6) is 3.12. The standard InChI is InChI=1S/C18H23N7O/c1-13(2)17-21-18(26-22-17)15-3-6-19-16(11-15)24-8-4-14(5-9-24)12-25-10-7-20-23-25/h3,6-7,10-11,13-14H,4-5,8-9,12H2,1-2H3. The number of nitrogens with zero attached hydrogens (tertiary/aromatic N) is 7. The van der Waals surface area contributed by atoms with Crippen molar-refractivity contribution in [1.82, 2.24) is 30.1 Å². The molecule has 0 unspecified atom stereocenters. The van der Waals surface area contributed by atoms with Gasteiger partial charge >= 0.3 is 0 Å². The third-order valence-corrected chi connectivity index (χ3v) is 4.81. The van der Waals surface area contributed by atoms with Gasteiger partial charge in [0.05, 0.1) is 6.20 Å². The van der Waals surface area contributed by atoms with Crippen molar-refractivity contribution in [3.8, 4) is 11.5 Å². The van der Waals surface area contributed by atoms with Crippen molar-refractivity contribution in [2.45, 2.75) is 39.2 Å². The summed E-state index contributed by atoms with van der Waals surface area (Å²) in [6.07, 6.45) is 7.69. The third-order valence-electron chi connectivity index (χ3n) is 4.81. The average molecular weight is 353 g/mol. The van der Waals surface area contributed by atoms with Gasteiger partial charge in [-0.15, -0.1) is 5.10 Å². The first-order valence-electron chi connectivity index (χ1n) is 9.08. The molecule has 3 aromatic heterocycles. The number of anilines is 1. The smallest absolute Gasteiger partial charge is 0.258 e. The van der Waals surface area contributed by atoms with E-state index in [4.69, 9.17) is 4.52 Å². The summed E-state index contributed by atoms with van der Waals surface area (Å²) in [5.41, 5.74) is 0.916. The van der Waals surface area contributed by atoms with E-state index >= 15 is 0 Å². The Balaban J connectivity index is 1.42. The first kappa shape index (κ1) is 16.7. The molecule has 1 fully saturated rings. The fraction of sp³-hybridized carbons (Fsp3) is 0.500. The fourth-order valence-corrected chi connectivity index (χ4v) is 3.25. The zero-order valence-corrected chi connectivity index (χ0v) is 15.1. The van der Waals surface area contributed by atoms with Crippen LogP contribution in [0.2, 0.25) is 0 Å². The monoisotopic (exact) mass is 353 g/mol. The van der Waals surface area contributed by atoms with Crippen molar-refractivity contribution in [1.29, 1.82) is 0 Å². The minimum Gasteiger partial charge on any atom is -0.357 e. The lowest BCUT2D eigenvalue weighted by Gasteiger charge is -2.32. The lowest BCUT2D eigenvalue weighted by Crippen LogP contribution is -2.35. The quantitative estimate of drug-likeness (QED) is 0.697. The predicted octanol–water partition coefficient (Wildman–Crippen LogP) is 2.76. The number of hydrogen-bond acceptors (Lipinski definition) is 7. The highest BCUT2D eigenvalue weighted by Crippen LogP contribution is 2.26. The van der Waals surface area contributed by atoms with E-state index in [1.54, 1.807) is 6.20 Å². The van der Waals surface area contributed by atoms with E-state index in [0.717, 1.165) is 49.7 Å². The van der Waals surface area contributed by atoms with Crippen LogP contribution < -0.4 is 4.90 Å². The van der Waals surface area contributed by atoms with Gasteiger partial charge < -0.3 is 9.42 Å². The van der Waals surface area contributed by atoms with Crippen LogP contribution in [-0.4, -0.2) is 43.2 Å². The molecule has 8 nitrogen and oxygen atoms in total. The Bertz CT molecular complexity index is 835. The van der Waals surface area contributed by atoms with E-state index in [1.807, 2.05) is 29.2 Å². The van der Waals surface area contributed by atoms with E-state index in [0.29, 0.717) is 11.8 Å². The van der Waals surface area contributed by atoms with Crippen LogP contribution in [0.15, 0.2) is 35.2 Å². The Morgan fingerprint density at radius 2 is 2.08 bits per heavy atom. The van der Waals surface area contributed by atoms with Gasteiger partial charge in [0, 0.05) is 43.5 Å². The van der Waals surface area contributed by atoms with Crippen LogP contribution in [0.5, 0.6) is 0 Å². The summed E-state index contributed by atoms with van der Waals surface area (Å²) in [6.45, 7) is 7.00. The molecule has 0 amide bonds. The Morgan fingerprint density at radius 1 is 1.23 bits per heavy atom. The Kier molecular flexibility index (Phi) is 4.64. The van der Waals surface area contributed by atoms with Gasteiger partial charge in [0.15, 0.2) is 5.82 Å². The summed E-state index contributed by atoms with van der Waals surface area (Å²) in [6, 6.07) is 3.95. The topological polar surface area (TPSA) is 85.8 Å². The van der Waals surface area contributed by atoms with Gasteiger partial charge in [-0.25, -0.2) is 4.98 Å². The second-order valence-electron chi connectivity index (χ2n) is 7.07. The Morgan fingerprint density at radius 3 is 2.77 bits per heavy atom. The molecular formula is C18H23N7O. The molecule has 0 spiro atoms. The first-order valence-corrected chi connectivity index (χ1v) is 9.08. The molecule has 0 saturated carbocycles. The van der Waals surface area contributed by atoms with Crippen LogP contribution in [0, 0.1) is 5.92 Å². The summed E-state index contributed by atoms with van der Waals surface area (Å²) < 4.78 is 7.32. The highest BCUT2D eigenvalue weighted by Gasteiger charge is 2.21. The SMILES string of the molecule is CC(C)c1noc(-c2ccnc(N3CCC(Cn4ccnn4)CC3)c2)n1. The van der Waals surface area contributed by atoms with Crippen molar-refractivity contribution in [3.63, 3.8) is 0 Å². The number of pyridine rings is 1. The second-order valence-corrected chi connectivity index (χ2v) is 7.07. The number of piperidine rings is 1. The normalized spacial score (nSPS) is 15.7. The van der Waals surface area contributed by atoms with Crippen LogP contribution >= 0.6 is 0 Å². The molecular weight excluding hydrogens is 330 g/mol. The fourth-order valence-electron chi connectivity index (χ4n) is 3.25. The van der Waals surface area contributed by atoms with Crippen molar-refractivity contribution < 1.29 is 4.52 Å². The minimum absolute atomic E-state index is 0.248. The maximum Gasteiger partial charge on any atom is 0.258 e. The predicted molar refractivity (Wildman–Crippen MR) is 96.6 cm³/mol. The lowest BCUT2D eigenvalue weighted by molar-refractivity contribution is 0.338. The van der Waals surface area contributed by atoms with Gasteiger partial charge in [0.2, 0.25) is 0 Å². The Labute approximate surface area is 152 Å². The third kappa shape index (κ3) is 3.58. The largest absolute Gasteiger partial charge is 0.357 e. The summed E-state index contributed by atoms with van der Waals surface area (Å²) in [5, 5.41) is 12.0. The second kappa shape index (κ2) is 7.23. The summed E-state index contributed by atoms with van der Waals surface area (Å²) in [7, 11) is 0. The van der Waals surface area contributed by atoms with Crippen LogP contribution in [0.25, 0.3) is 11.5 Å². The summed E-state index contributed by atoms with van der Waals surface area (Å²) >= 11 is 0. The van der Waals surface area contributed by atoms with Crippen LogP contribution in [0.1, 0.15) is 38.4 Å². The molecule has 0 bridgehead atoms. The molecule has 1 aliphatic heterocycles. The van der Waals surface area contributed by atoms with Crippen LogP contribution in [-0.2, 0) is 6.54 Å². The van der Waals surface area contributed by atoms with E-state index in [-0.39, 0.29) is 5.92 Å². The van der Waals surface area contributed by atoms with E-state index < -0.39 is 0 Å². The first-order chi connectivity index (χ1) is 12.7. The highest BCUT2D eigenvalue weighted by molar-refractivity contribution is 5.58. The number of hydrogen-bond donors (Lipinski definition) is 0. The van der Waals surface area contributed by atoms with Crippen molar-refractivity contribution >= 4 is 5.82 Å². The molecule has 0 aliphatic carbocycles. The maximum absolute atomic E-state index is 5.41. The van der Waals surface area contributed by atoms with Crippen LogP contribution in [0.3, 0.4) is 0 Å². The van der Waals surface area contributed by atoms with Gasteiger partial charge in [0.1, 0.15) is 5.82 Å². The van der Waals surface area contributed by atoms with Crippen LogP contribution in [0.4, 0.5) is 5.82 Å². The molecule has 4 heterocycles. The van der Waals surface area contributed by atoms with Gasteiger partial charge in [-0.1, -0.05) is 24.2 Å². The van der Waals surface area contributed by atoms with Gasteiger partial charge in [0.25, 0.3) is 5.89 Å². The summed E-state index contributed by atoms with van der Waals surface area (Å²) in [4.78, 5) is 11.3. The molecule has 0 atom stereocenters. The van der Waals surface area contributed by atoms with Crippen molar-refractivity contribution in [2.75, 3.05) is 18.0 Å². The van der Waals surface area contributed by atoms with Gasteiger partial charge in [-0.3, -0.25) is 4.68 Å². The Hall–Kier alpha value is -2.77. The molecule has 0 N–H and O–H groups in total. The molecule has 1 aliphatic rings. The maximum atomic E-state index is 5.41. The lowest BCUT2D eigenvalue weighted by atomic mass is 9.97. The average Bonchev–Trinajstić information content (AvgIpc) is 3.34. The highest BCUT2D eigenvalue weighted by atomic mass is 16.5. The van der Waals surface area contributed by atoms with Crippen molar-refractivity contribution in [3.05, 3.63) is 36.5 Å². The minimum atomic E-state index is 0.248. The van der Waals surface area contributed by atoms with E-state index in [9.17, 15) is 0 Å². The zero-order chi connectivity index (χ0) is 17.9. The molecule has 136 valence electrons. The van der Waals surface area contributed by atoms with E-state index in [2.05, 4.69) is 44.2 Å². The number of rotatable bonds is 5. The van der Waals surface area contributed by atoms with E-state index in [1.165, 1.54) is 0 Å². The van der Waals surface area contributed by atoms with Crippen molar-refractivity contribution in [2.24, 2.45) is 5.92 Å². The van der Waals surface area contributed by atoms with Gasteiger partial charge in [-0.05, 0) is 30.9 Å². The molecule has 0 aromatic carbocycles. The zero-order valence-electron chi connectivity index (χ0n) is 15.1. The molecule has 3 aromatic rings. The molecule has 8 heteroatoms. The van der Waals surface area contributed by atoms with Gasteiger partial charge in [-0.2, -0.15) is 4.98 Å². The molecule has 0 radical (unpaired) electrons. The molecule has 1 saturated heterocycles. The number of aromatic nitrogens is 6.